The number of amides is 2. The van der Waals surface area contributed by atoms with Crippen LogP contribution in [0, 0.1) is 27.7 Å². The van der Waals surface area contributed by atoms with Gasteiger partial charge >= 0.3 is 0 Å². The Balaban J connectivity index is 1.94. The molecule has 0 saturated heterocycles. The number of nitrogens with one attached hydrogen (secondary N) is 2. The number of rotatable bonds is 8. The molecule has 5 heteroatoms. The lowest BCUT2D eigenvalue weighted by Gasteiger charge is -2.31. The van der Waals surface area contributed by atoms with Crippen molar-refractivity contribution in [3.05, 3.63) is 129 Å². The molecule has 0 aliphatic carbocycles. The van der Waals surface area contributed by atoms with E-state index >= 15 is 0 Å². The van der Waals surface area contributed by atoms with E-state index in [1.807, 2.05) is 74.5 Å². The number of hydrogen-bond donors (Lipinski definition) is 2. The largest absolute Gasteiger partial charge is 0.356 e. The van der Waals surface area contributed by atoms with Gasteiger partial charge in [-0.2, -0.15) is 0 Å². The summed E-state index contributed by atoms with van der Waals surface area (Å²) in [5.74, 6) is -0.235. The number of hydrogen-bond acceptors (Lipinski definition) is 3. The van der Waals surface area contributed by atoms with Crippen LogP contribution < -0.4 is 10.6 Å². The van der Waals surface area contributed by atoms with Gasteiger partial charge in [0, 0.05) is 25.2 Å². The van der Waals surface area contributed by atoms with Crippen LogP contribution in [0.15, 0.2) is 84.9 Å². The second-order valence-electron chi connectivity index (χ2n) is 10.0. The topological polar surface area (TPSA) is 67.4 Å². The summed E-state index contributed by atoms with van der Waals surface area (Å²) in [6.07, 6.45) is -0.846. The van der Waals surface area contributed by atoms with Gasteiger partial charge in [-0.05, 0) is 84.3 Å². The molecule has 0 aliphatic heterocycles. The fourth-order valence-corrected chi connectivity index (χ4v) is 5.20. The summed E-state index contributed by atoms with van der Waals surface area (Å²) in [4.78, 5) is 23.9. The van der Waals surface area contributed by atoms with E-state index in [4.69, 9.17) is 4.74 Å². The van der Waals surface area contributed by atoms with Crippen molar-refractivity contribution in [1.82, 2.24) is 0 Å². The molecule has 200 valence electrons. The Morgan fingerprint density at radius 2 is 0.923 bits per heavy atom. The number of aryl methyl sites for hydroxylation is 2. The standard InChI is InChI=1S/C34H36N2O3/c1-21-17-19-29(35-25(5)37)23(3)31(21)33(27-13-9-7-10-14-27)39-34(28-15-11-8-12-16-28)32-22(2)18-20-30(24(32)4)36-26(6)38/h7-20,33-34H,1-6H3,(H,35,37)(H,36,38). The molecule has 0 heterocycles. The van der Waals surface area contributed by atoms with Crippen molar-refractivity contribution < 1.29 is 14.3 Å². The molecule has 2 atom stereocenters. The monoisotopic (exact) mass is 520 g/mol. The Labute approximate surface area is 231 Å². The zero-order valence-corrected chi connectivity index (χ0v) is 23.5. The molecule has 5 nitrogen and oxygen atoms in total. The van der Waals surface area contributed by atoms with Crippen LogP contribution in [0.5, 0.6) is 0 Å². The predicted octanol–water partition coefficient (Wildman–Crippen LogP) is 7.73. The zero-order valence-electron chi connectivity index (χ0n) is 23.5. The van der Waals surface area contributed by atoms with Gasteiger partial charge in [-0.3, -0.25) is 9.59 Å². The van der Waals surface area contributed by atoms with Crippen LogP contribution in [0.1, 0.15) is 70.6 Å². The number of ether oxygens (including phenoxy) is 1. The summed E-state index contributed by atoms with van der Waals surface area (Å²) in [5, 5.41) is 5.95. The number of benzene rings is 4. The molecule has 4 aromatic rings. The predicted molar refractivity (Wildman–Crippen MR) is 158 cm³/mol. The number of anilines is 2. The van der Waals surface area contributed by atoms with Crippen LogP contribution in [0.2, 0.25) is 0 Å². The average molecular weight is 521 g/mol. The summed E-state index contributed by atoms with van der Waals surface area (Å²) < 4.78 is 7.21. The van der Waals surface area contributed by atoms with E-state index in [9.17, 15) is 9.59 Å². The van der Waals surface area contributed by atoms with Crippen LogP contribution >= 0.6 is 0 Å². The van der Waals surface area contributed by atoms with Crippen LogP contribution in [0.3, 0.4) is 0 Å². The Bertz CT molecular complexity index is 1370. The third-order valence-corrected chi connectivity index (χ3v) is 7.09. The van der Waals surface area contributed by atoms with Crippen molar-refractivity contribution in [2.24, 2.45) is 0 Å². The first-order chi connectivity index (χ1) is 18.7. The number of carbonyl (C=O) groups excluding carboxylic acids is 2. The van der Waals surface area contributed by atoms with Gasteiger partial charge in [-0.15, -0.1) is 0 Å². The molecule has 2 N–H and O–H groups in total. The van der Waals surface area contributed by atoms with E-state index in [0.29, 0.717) is 0 Å². The first kappa shape index (κ1) is 27.8. The highest BCUT2D eigenvalue weighted by atomic mass is 16.5. The van der Waals surface area contributed by atoms with Crippen molar-refractivity contribution in [3.8, 4) is 0 Å². The van der Waals surface area contributed by atoms with Gasteiger partial charge in [-0.25, -0.2) is 0 Å². The lowest BCUT2D eigenvalue weighted by Crippen LogP contribution is -2.19. The Hall–Kier alpha value is -4.22. The van der Waals surface area contributed by atoms with Crippen LogP contribution in [-0.2, 0) is 14.3 Å². The molecule has 0 spiro atoms. The highest BCUT2D eigenvalue weighted by Crippen LogP contribution is 2.42. The fraction of sp³-hybridized carbons (Fsp3) is 0.235. The van der Waals surface area contributed by atoms with Crippen LogP contribution in [-0.4, -0.2) is 11.8 Å². The fourth-order valence-electron chi connectivity index (χ4n) is 5.20. The van der Waals surface area contributed by atoms with E-state index in [2.05, 4.69) is 48.7 Å². The smallest absolute Gasteiger partial charge is 0.221 e. The molecule has 0 radical (unpaired) electrons. The van der Waals surface area contributed by atoms with E-state index in [1.165, 1.54) is 13.8 Å². The van der Waals surface area contributed by atoms with E-state index in [0.717, 1.165) is 55.9 Å². The summed E-state index contributed by atoms with van der Waals surface area (Å²) in [6, 6.07) is 28.3. The molecule has 2 amide bonds. The molecule has 0 aliphatic rings. The van der Waals surface area contributed by atoms with Crippen LogP contribution in [0.25, 0.3) is 0 Å². The maximum Gasteiger partial charge on any atom is 0.221 e. The van der Waals surface area contributed by atoms with Gasteiger partial charge < -0.3 is 15.4 Å². The van der Waals surface area contributed by atoms with E-state index < -0.39 is 12.2 Å². The lowest BCUT2D eigenvalue weighted by atomic mass is 9.89. The van der Waals surface area contributed by atoms with E-state index in [-0.39, 0.29) is 11.8 Å². The Morgan fingerprint density at radius 3 is 1.26 bits per heavy atom. The number of carbonyl (C=O) groups is 2. The van der Waals surface area contributed by atoms with Gasteiger partial charge in [0.05, 0.1) is 0 Å². The molecule has 0 saturated carbocycles. The summed E-state index contributed by atoms with van der Waals surface area (Å²) in [7, 11) is 0. The van der Waals surface area contributed by atoms with Gasteiger partial charge in [0.25, 0.3) is 0 Å². The summed E-state index contributed by atoms with van der Waals surface area (Å²) in [5.41, 5.74) is 9.66. The van der Waals surface area contributed by atoms with Crippen molar-refractivity contribution in [3.63, 3.8) is 0 Å². The summed E-state index contributed by atoms with van der Waals surface area (Å²) >= 11 is 0. The SMILES string of the molecule is CC(=O)Nc1ccc(C)c(C(OC(c2ccccc2)c2c(C)ccc(NC(C)=O)c2C)c2ccccc2)c1C. The van der Waals surface area contributed by atoms with E-state index in [1.54, 1.807) is 0 Å². The molecule has 0 fully saturated rings. The van der Waals surface area contributed by atoms with Crippen molar-refractivity contribution in [2.75, 3.05) is 10.6 Å². The molecule has 4 rings (SSSR count). The van der Waals surface area contributed by atoms with Gasteiger partial charge in [-0.1, -0.05) is 72.8 Å². The minimum absolute atomic E-state index is 0.117. The van der Waals surface area contributed by atoms with Gasteiger partial charge in [0.15, 0.2) is 0 Å². The van der Waals surface area contributed by atoms with Crippen molar-refractivity contribution in [2.45, 2.75) is 53.8 Å². The first-order valence-electron chi connectivity index (χ1n) is 13.2. The molecule has 0 aromatic heterocycles. The third kappa shape index (κ3) is 6.27. The molecule has 39 heavy (non-hydrogen) atoms. The molecule has 2 unspecified atom stereocenters. The van der Waals surface area contributed by atoms with Crippen molar-refractivity contribution >= 4 is 23.2 Å². The van der Waals surface area contributed by atoms with Crippen LogP contribution in [0.4, 0.5) is 11.4 Å². The maximum atomic E-state index is 12.0. The summed E-state index contributed by atoms with van der Waals surface area (Å²) in [6.45, 7) is 11.2. The maximum absolute atomic E-state index is 12.0. The molecule has 4 aromatic carbocycles. The second kappa shape index (κ2) is 12.1. The normalized spacial score (nSPS) is 12.5. The second-order valence-corrected chi connectivity index (χ2v) is 10.0. The highest BCUT2D eigenvalue weighted by Gasteiger charge is 2.29. The third-order valence-electron chi connectivity index (χ3n) is 7.09. The minimum Gasteiger partial charge on any atom is -0.356 e. The highest BCUT2D eigenvalue weighted by molar-refractivity contribution is 5.90. The minimum atomic E-state index is -0.423. The van der Waals surface area contributed by atoms with Gasteiger partial charge in [0.2, 0.25) is 11.8 Å². The zero-order chi connectivity index (χ0) is 28.1. The van der Waals surface area contributed by atoms with Gasteiger partial charge in [0.1, 0.15) is 12.2 Å². The average Bonchev–Trinajstić information content (AvgIpc) is 2.91. The van der Waals surface area contributed by atoms with Crippen molar-refractivity contribution in [1.29, 1.82) is 0 Å². The molecular weight excluding hydrogens is 484 g/mol. The quantitative estimate of drug-likeness (QED) is 0.250. The first-order valence-corrected chi connectivity index (χ1v) is 13.2. The Morgan fingerprint density at radius 1 is 0.564 bits per heavy atom. The molecule has 0 bridgehead atoms. The lowest BCUT2D eigenvalue weighted by molar-refractivity contribution is -0.115. The Kier molecular flexibility index (Phi) is 8.62. The molecular formula is C34H36N2O3.